The van der Waals surface area contributed by atoms with Crippen LogP contribution in [0.15, 0.2) is 18.2 Å². The third kappa shape index (κ3) is 4.81. The Kier molecular flexibility index (Phi) is 6.41. The number of hydrogen-bond acceptors (Lipinski definition) is 3. The van der Waals surface area contributed by atoms with Gasteiger partial charge in [-0.2, -0.15) is 0 Å². The van der Waals surface area contributed by atoms with Crippen molar-refractivity contribution in [3.05, 3.63) is 34.9 Å². The van der Waals surface area contributed by atoms with Crippen LogP contribution in [0.2, 0.25) is 0 Å². The summed E-state index contributed by atoms with van der Waals surface area (Å²) in [6, 6.07) is 7.48. The number of aryl methyl sites for hydroxylation is 2. The number of nitrogens with zero attached hydrogens (tertiary/aromatic N) is 1. The summed E-state index contributed by atoms with van der Waals surface area (Å²) in [6.07, 6.45) is 0.877. The van der Waals surface area contributed by atoms with E-state index in [1.807, 2.05) is 13.8 Å². The lowest BCUT2D eigenvalue weighted by atomic mass is 10.0. The van der Waals surface area contributed by atoms with E-state index in [1.165, 1.54) is 16.7 Å². The Balaban J connectivity index is 1.99. The van der Waals surface area contributed by atoms with Crippen molar-refractivity contribution in [2.24, 2.45) is 0 Å². The second-order valence-electron chi connectivity index (χ2n) is 7.71. The van der Waals surface area contributed by atoms with E-state index in [0.717, 1.165) is 19.5 Å². The molecule has 0 spiro atoms. The quantitative estimate of drug-likeness (QED) is 0.842. The second kappa shape index (κ2) is 8.13. The van der Waals surface area contributed by atoms with Crippen LogP contribution in [0.4, 0.5) is 0 Å². The molecule has 134 valence electrons. The van der Waals surface area contributed by atoms with Crippen molar-refractivity contribution >= 4 is 5.91 Å². The van der Waals surface area contributed by atoms with E-state index in [9.17, 15) is 4.79 Å². The lowest BCUT2D eigenvalue weighted by molar-refractivity contribution is -0.126. The Morgan fingerprint density at radius 2 is 1.96 bits per heavy atom. The topological polar surface area (TPSA) is 44.4 Å². The van der Waals surface area contributed by atoms with E-state index in [0.29, 0.717) is 12.1 Å². The maximum absolute atomic E-state index is 12.5. The van der Waals surface area contributed by atoms with E-state index >= 15 is 0 Å². The van der Waals surface area contributed by atoms with Crippen molar-refractivity contribution < 1.29 is 4.79 Å². The minimum absolute atomic E-state index is 0.0245. The summed E-state index contributed by atoms with van der Waals surface area (Å²) in [7, 11) is 0. The van der Waals surface area contributed by atoms with Crippen molar-refractivity contribution in [2.45, 2.75) is 78.7 Å². The predicted octanol–water partition coefficient (Wildman–Crippen LogP) is 2.77. The van der Waals surface area contributed by atoms with Crippen LogP contribution in [0.25, 0.3) is 0 Å². The average molecular weight is 332 g/mol. The maximum Gasteiger partial charge on any atom is 0.237 e. The number of amides is 1. The molecule has 2 rings (SSSR count). The summed E-state index contributed by atoms with van der Waals surface area (Å²) in [6.45, 7) is 14.5. The molecular weight excluding hydrogens is 298 g/mol. The van der Waals surface area contributed by atoms with Crippen LogP contribution < -0.4 is 10.6 Å². The van der Waals surface area contributed by atoms with E-state index < -0.39 is 0 Å². The first kappa shape index (κ1) is 18.9. The van der Waals surface area contributed by atoms with E-state index in [2.05, 4.69) is 61.4 Å². The summed E-state index contributed by atoms with van der Waals surface area (Å²) >= 11 is 0. The molecule has 0 aromatic heterocycles. The number of likely N-dealkylation sites (tertiary alicyclic amines) is 1. The molecule has 1 fully saturated rings. The van der Waals surface area contributed by atoms with Gasteiger partial charge >= 0.3 is 0 Å². The standard InChI is InChI=1S/C20H33N3O/c1-13(2)22-20(24)19-10-18(12-23(19)14(3)4)21-11-17-9-15(5)7-8-16(17)6/h7-9,13-14,18-19,21H,10-12H2,1-6H3,(H,22,24)/t18-,19+/m1/s1. The van der Waals surface area contributed by atoms with Crippen LogP contribution in [0.1, 0.15) is 50.8 Å². The molecule has 4 nitrogen and oxygen atoms in total. The molecule has 1 saturated heterocycles. The molecule has 2 atom stereocenters. The summed E-state index contributed by atoms with van der Waals surface area (Å²) in [5.74, 6) is 0.162. The van der Waals surface area contributed by atoms with Gasteiger partial charge in [0.05, 0.1) is 6.04 Å². The van der Waals surface area contributed by atoms with Gasteiger partial charge in [0.1, 0.15) is 0 Å². The molecule has 0 bridgehead atoms. The molecule has 24 heavy (non-hydrogen) atoms. The minimum atomic E-state index is -0.0245. The molecule has 0 saturated carbocycles. The van der Waals surface area contributed by atoms with Gasteiger partial charge in [0.25, 0.3) is 0 Å². The largest absolute Gasteiger partial charge is 0.353 e. The normalized spacial score (nSPS) is 21.7. The first-order valence-electron chi connectivity index (χ1n) is 9.13. The molecule has 1 aliphatic rings. The summed E-state index contributed by atoms with van der Waals surface area (Å²) in [5, 5.41) is 6.74. The molecule has 1 aromatic carbocycles. The monoisotopic (exact) mass is 331 g/mol. The summed E-state index contributed by atoms with van der Waals surface area (Å²) in [4.78, 5) is 14.8. The zero-order valence-electron chi connectivity index (χ0n) is 16.0. The van der Waals surface area contributed by atoms with Gasteiger partial charge in [0, 0.05) is 31.2 Å². The van der Waals surface area contributed by atoms with Gasteiger partial charge in [-0.15, -0.1) is 0 Å². The van der Waals surface area contributed by atoms with Gasteiger partial charge in [-0.25, -0.2) is 0 Å². The van der Waals surface area contributed by atoms with Crippen LogP contribution in [0, 0.1) is 13.8 Å². The van der Waals surface area contributed by atoms with Crippen molar-refractivity contribution in [1.82, 2.24) is 15.5 Å². The van der Waals surface area contributed by atoms with Gasteiger partial charge in [0.2, 0.25) is 5.91 Å². The van der Waals surface area contributed by atoms with Gasteiger partial charge in [-0.1, -0.05) is 23.8 Å². The lowest BCUT2D eigenvalue weighted by Crippen LogP contribution is -2.47. The molecular formula is C20H33N3O. The van der Waals surface area contributed by atoms with Crippen LogP contribution in [0.3, 0.4) is 0 Å². The highest BCUT2D eigenvalue weighted by atomic mass is 16.2. The second-order valence-corrected chi connectivity index (χ2v) is 7.71. The summed E-state index contributed by atoms with van der Waals surface area (Å²) in [5.41, 5.74) is 3.96. The molecule has 1 aromatic rings. The molecule has 1 amide bonds. The zero-order valence-corrected chi connectivity index (χ0v) is 16.0. The minimum Gasteiger partial charge on any atom is -0.353 e. The molecule has 1 heterocycles. The molecule has 0 unspecified atom stereocenters. The average Bonchev–Trinajstić information content (AvgIpc) is 2.92. The number of rotatable bonds is 6. The Hall–Kier alpha value is -1.39. The Labute approximate surface area is 147 Å². The number of hydrogen-bond donors (Lipinski definition) is 2. The van der Waals surface area contributed by atoms with Crippen molar-refractivity contribution in [1.29, 1.82) is 0 Å². The lowest BCUT2D eigenvalue weighted by Gasteiger charge is -2.27. The fourth-order valence-corrected chi connectivity index (χ4v) is 3.46. The maximum atomic E-state index is 12.5. The van der Waals surface area contributed by atoms with Crippen molar-refractivity contribution in [3.63, 3.8) is 0 Å². The van der Waals surface area contributed by atoms with Crippen molar-refractivity contribution in [3.8, 4) is 0 Å². The number of benzene rings is 1. The van der Waals surface area contributed by atoms with Gasteiger partial charge in [-0.05, 0) is 59.1 Å². The van der Waals surface area contributed by atoms with E-state index in [-0.39, 0.29) is 18.0 Å². The Morgan fingerprint density at radius 3 is 2.58 bits per heavy atom. The SMILES string of the molecule is Cc1ccc(C)c(CN[C@@H]2C[C@@H](C(=O)NC(C)C)N(C(C)C)C2)c1. The molecule has 2 N–H and O–H groups in total. The molecule has 4 heteroatoms. The van der Waals surface area contributed by atoms with Gasteiger partial charge in [0.15, 0.2) is 0 Å². The zero-order chi connectivity index (χ0) is 17.9. The Bertz CT molecular complexity index is 568. The highest BCUT2D eigenvalue weighted by Crippen LogP contribution is 2.22. The third-order valence-electron chi connectivity index (χ3n) is 4.82. The predicted molar refractivity (Wildman–Crippen MR) is 100 cm³/mol. The molecule has 0 aliphatic carbocycles. The Morgan fingerprint density at radius 1 is 1.25 bits per heavy atom. The molecule has 1 aliphatic heterocycles. The van der Waals surface area contributed by atoms with Crippen molar-refractivity contribution in [2.75, 3.05) is 6.54 Å². The first-order valence-corrected chi connectivity index (χ1v) is 9.13. The summed E-state index contributed by atoms with van der Waals surface area (Å²) < 4.78 is 0. The van der Waals surface area contributed by atoms with Crippen LogP contribution in [-0.2, 0) is 11.3 Å². The highest BCUT2D eigenvalue weighted by Gasteiger charge is 2.37. The number of carbonyl (C=O) groups is 1. The number of nitrogens with one attached hydrogen (secondary N) is 2. The smallest absolute Gasteiger partial charge is 0.237 e. The van der Waals surface area contributed by atoms with E-state index in [1.54, 1.807) is 0 Å². The fourth-order valence-electron chi connectivity index (χ4n) is 3.46. The van der Waals surface area contributed by atoms with Gasteiger partial charge in [-0.3, -0.25) is 9.69 Å². The third-order valence-corrected chi connectivity index (χ3v) is 4.82. The van der Waals surface area contributed by atoms with E-state index in [4.69, 9.17) is 0 Å². The fraction of sp³-hybridized carbons (Fsp3) is 0.650. The number of carbonyl (C=O) groups excluding carboxylic acids is 1. The van der Waals surface area contributed by atoms with Crippen LogP contribution in [0.5, 0.6) is 0 Å². The van der Waals surface area contributed by atoms with Crippen LogP contribution >= 0.6 is 0 Å². The van der Waals surface area contributed by atoms with Crippen LogP contribution in [-0.4, -0.2) is 41.5 Å². The first-order chi connectivity index (χ1) is 11.3. The molecule has 0 radical (unpaired) electrons. The highest BCUT2D eigenvalue weighted by molar-refractivity contribution is 5.82. The van der Waals surface area contributed by atoms with Gasteiger partial charge < -0.3 is 10.6 Å².